The van der Waals surface area contributed by atoms with Crippen LogP contribution in [-0.4, -0.2) is 29.9 Å². The number of allylic oxidation sites excluding steroid dienone is 1. The van der Waals surface area contributed by atoms with E-state index in [1.807, 2.05) is 18.2 Å². The molecule has 148 valence electrons. The minimum atomic E-state index is -0.627. The fourth-order valence-corrected chi connectivity index (χ4v) is 2.36. The van der Waals surface area contributed by atoms with Crippen LogP contribution in [0.4, 0.5) is 4.39 Å². The third-order valence-electron chi connectivity index (χ3n) is 3.66. The van der Waals surface area contributed by atoms with E-state index in [1.54, 1.807) is 6.20 Å². The number of halogens is 2. The van der Waals surface area contributed by atoms with Crippen LogP contribution in [0.3, 0.4) is 0 Å². The van der Waals surface area contributed by atoms with Crippen molar-refractivity contribution in [2.75, 3.05) is 13.2 Å². The van der Waals surface area contributed by atoms with Crippen molar-refractivity contribution in [3.63, 3.8) is 0 Å². The second-order valence-electron chi connectivity index (χ2n) is 5.94. The molecule has 0 unspecified atom stereocenters. The van der Waals surface area contributed by atoms with Gasteiger partial charge in [-0.1, -0.05) is 24.2 Å². The van der Waals surface area contributed by atoms with Crippen LogP contribution in [0.25, 0.3) is 0 Å². The van der Waals surface area contributed by atoms with E-state index in [2.05, 4.69) is 22.2 Å². The van der Waals surface area contributed by atoms with E-state index in [4.69, 9.17) is 16.3 Å². The highest BCUT2D eigenvalue weighted by molar-refractivity contribution is 6.30. The number of carbonyl (C=O) groups is 2. The van der Waals surface area contributed by atoms with Gasteiger partial charge in [0.1, 0.15) is 11.6 Å². The van der Waals surface area contributed by atoms with Crippen molar-refractivity contribution < 1.29 is 18.7 Å². The lowest BCUT2D eigenvalue weighted by Crippen LogP contribution is -2.29. The third kappa shape index (κ3) is 7.75. The molecule has 8 heteroatoms. The molecule has 28 heavy (non-hydrogen) atoms. The van der Waals surface area contributed by atoms with Crippen LogP contribution in [0.5, 0.6) is 5.75 Å². The van der Waals surface area contributed by atoms with Crippen LogP contribution in [0, 0.1) is 5.82 Å². The second kappa shape index (κ2) is 11.0. The number of ether oxygens (including phenoxy) is 1. The number of amides is 2. The molecule has 0 aliphatic rings. The van der Waals surface area contributed by atoms with Gasteiger partial charge in [0, 0.05) is 43.0 Å². The zero-order valence-corrected chi connectivity index (χ0v) is 16.0. The van der Waals surface area contributed by atoms with Gasteiger partial charge in [-0.3, -0.25) is 14.6 Å². The molecule has 0 bridgehead atoms. The molecule has 6 nitrogen and oxygen atoms in total. The molecule has 0 saturated carbocycles. The SMILES string of the molecule is C=C(CCC(=O)NCCc1ccccn1)NC(=O)COc1ccc(Cl)c(F)c1. The van der Waals surface area contributed by atoms with Crippen LogP contribution in [-0.2, 0) is 16.0 Å². The highest BCUT2D eigenvalue weighted by Crippen LogP contribution is 2.20. The summed E-state index contributed by atoms with van der Waals surface area (Å²) in [6, 6.07) is 9.52. The monoisotopic (exact) mass is 405 g/mol. The minimum absolute atomic E-state index is 0.0245. The van der Waals surface area contributed by atoms with Gasteiger partial charge >= 0.3 is 0 Å². The Bertz CT molecular complexity index is 831. The zero-order chi connectivity index (χ0) is 20.4. The molecule has 1 aromatic heterocycles. The Morgan fingerprint density at radius 3 is 2.71 bits per heavy atom. The van der Waals surface area contributed by atoms with Gasteiger partial charge in [0.05, 0.1) is 5.02 Å². The highest BCUT2D eigenvalue weighted by atomic mass is 35.5. The maximum atomic E-state index is 13.3. The molecule has 2 N–H and O–H groups in total. The summed E-state index contributed by atoms with van der Waals surface area (Å²) >= 11 is 5.58. The van der Waals surface area contributed by atoms with Gasteiger partial charge in [0.25, 0.3) is 5.91 Å². The first-order valence-electron chi connectivity index (χ1n) is 8.66. The lowest BCUT2D eigenvalue weighted by molar-refractivity contribution is -0.123. The van der Waals surface area contributed by atoms with Crippen LogP contribution < -0.4 is 15.4 Å². The largest absolute Gasteiger partial charge is 0.484 e. The number of nitrogens with zero attached hydrogens (tertiary/aromatic N) is 1. The summed E-state index contributed by atoms with van der Waals surface area (Å²) in [7, 11) is 0. The summed E-state index contributed by atoms with van der Waals surface area (Å²) in [5, 5.41) is 5.31. The van der Waals surface area contributed by atoms with Gasteiger partial charge in [-0.2, -0.15) is 0 Å². The Labute approximate surface area is 167 Å². The maximum absolute atomic E-state index is 13.3. The van der Waals surface area contributed by atoms with Crippen molar-refractivity contribution >= 4 is 23.4 Å². The normalized spacial score (nSPS) is 10.2. The number of carbonyl (C=O) groups excluding carboxylic acids is 2. The van der Waals surface area contributed by atoms with E-state index in [0.29, 0.717) is 25.1 Å². The van der Waals surface area contributed by atoms with E-state index in [-0.39, 0.29) is 29.7 Å². The van der Waals surface area contributed by atoms with Gasteiger partial charge in [-0.25, -0.2) is 4.39 Å². The van der Waals surface area contributed by atoms with E-state index in [1.165, 1.54) is 12.1 Å². The number of nitrogens with one attached hydrogen (secondary N) is 2. The first-order valence-corrected chi connectivity index (χ1v) is 9.04. The Kier molecular flexibility index (Phi) is 8.42. The Morgan fingerprint density at radius 2 is 2.00 bits per heavy atom. The van der Waals surface area contributed by atoms with Crippen molar-refractivity contribution in [2.45, 2.75) is 19.3 Å². The summed E-state index contributed by atoms with van der Waals surface area (Å²) in [5.74, 6) is -1.02. The molecule has 1 aromatic carbocycles. The van der Waals surface area contributed by atoms with Crippen molar-refractivity contribution in [3.8, 4) is 5.75 Å². The predicted molar refractivity (Wildman–Crippen MR) is 104 cm³/mol. The molecule has 0 aliphatic heterocycles. The van der Waals surface area contributed by atoms with Crippen molar-refractivity contribution in [3.05, 3.63) is 71.4 Å². The number of pyridine rings is 1. The summed E-state index contributed by atoms with van der Waals surface area (Å²) in [4.78, 5) is 27.8. The minimum Gasteiger partial charge on any atom is -0.484 e. The standard InChI is InChI=1S/C20H21ClFN3O3/c1-14(5-8-19(26)24-11-9-15-4-2-3-10-23-15)25-20(27)13-28-16-6-7-17(21)18(22)12-16/h2-4,6-7,10,12H,1,5,8-9,11,13H2,(H,24,26)(H,25,27). The molecule has 2 aromatic rings. The van der Waals surface area contributed by atoms with Crippen LogP contribution in [0.2, 0.25) is 5.02 Å². The lowest BCUT2D eigenvalue weighted by Gasteiger charge is -2.10. The second-order valence-corrected chi connectivity index (χ2v) is 6.34. The number of rotatable bonds is 10. The van der Waals surface area contributed by atoms with E-state index < -0.39 is 11.7 Å². The molecule has 2 amide bonds. The average molecular weight is 406 g/mol. The van der Waals surface area contributed by atoms with Gasteiger partial charge in [-0.05, 0) is 30.7 Å². The van der Waals surface area contributed by atoms with Gasteiger partial charge in [0.15, 0.2) is 6.61 Å². The van der Waals surface area contributed by atoms with Crippen LogP contribution in [0.15, 0.2) is 54.9 Å². The quantitative estimate of drug-likeness (QED) is 0.636. The van der Waals surface area contributed by atoms with Crippen molar-refractivity contribution in [1.82, 2.24) is 15.6 Å². The Hall–Kier alpha value is -2.93. The zero-order valence-electron chi connectivity index (χ0n) is 15.2. The molecule has 0 atom stereocenters. The van der Waals surface area contributed by atoms with Crippen LogP contribution >= 0.6 is 11.6 Å². The van der Waals surface area contributed by atoms with Gasteiger partial charge in [-0.15, -0.1) is 0 Å². The summed E-state index contributed by atoms with van der Waals surface area (Å²) in [6.45, 7) is 3.90. The molecule has 2 rings (SSSR count). The number of benzene rings is 1. The molecular weight excluding hydrogens is 385 g/mol. The summed E-state index contributed by atoms with van der Waals surface area (Å²) in [6.07, 6.45) is 2.85. The topological polar surface area (TPSA) is 80.3 Å². The average Bonchev–Trinajstić information content (AvgIpc) is 2.68. The molecule has 0 aliphatic carbocycles. The Morgan fingerprint density at radius 1 is 1.18 bits per heavy atom. The lowest BCUT2D eigenvalue weighted by atomic mass is 10.2. The molecule has 0 radical (unpaired) electrons. The smallest absolute Gasteiger partial charge is 0.262 e. The molecule has 0 fully saturated rings. The summed E-state index contributed by atoms with van der Waals surface area (Å²) < 4.78 is 18.5. The first kappa shape index (κ1) is 21.4. The molecular formula is C20H21ClFN3O3. The number of aromatic nitrogens is 1. The van der Waals surface area contributed by atoms with Crippen molar-refractivity contribution in [2.24, 2.45) is 0 Å². The highest BCUT2D eigenvalue weighted by Gasteiger charge is 2.08. The Balaban J connectivity index is 1.61. The van der Waals surface area contributed by atoms with Gasteiger partial charge in [0.2, 0.25) is 5.91 Å². The fourth-order valence-electron chi connectivity index (χ4n) is 2.24. The van der Waals surface area contributed by atoms with Crippen LogP contribution in [0.1, 0.15) is 18.5 Å². The number of hydrogen-bond acceptors (Lipinski definition) is 4. The first-order chi connectivity index (χ1) is 13.4. The molecule has 1 heterocycles. The van der Waals surface area contributed by atoms with Gasteiger partial charge < -0.3 is 15.4 Å². The molecule has 0 saturated heterocycles. The van der Waals surface area contributed by atoms with E-state index in [9.17, 15) is 14.0 Å². The van der Waals surface area contributed by atoms with E-state index in [0.717, 1.165) is 11.8 Å². The maximum Gasteiger partial charge on any atom is 0.262 e. The predicted octanol–water partition coefficient (Wildman–Crippen LogP) is 3.02. The third-order valence-corrected chi connectivity index (χ3v) is 3.97. The fraction of sp³-hybridized carbons (Fsp3) is 0.250. The van der Waals surface area contributed by atoms with E-state index >= 15 is 0 Å². The number of hydrogen-bond donors (Lipinski definition) is 2. The van der Waals surface area contributed by atoms with Crippen molar-refractivity contribution in [1.29, 1.82) is 0 Å². The molecule has 0 spiro atoms. The summed E-state index contributed by atoms with van der Waals surface area (Å²) in [5.41, 5.74) is 1.30.